The molecule has 26 heavy (non-hydrogen) atoms. The molecule has 0 aromatic heterocycles. The highest BCUT2D eigenvalue weighted by Gasteiger charge is 2.30. The second-order valence-electron chi connectivity index (χ2n) is 6.85. The standard InChI is InChI=1S/C21H24N2O3/c22-17-5-2-1-4-15(17)8-10-21(24)23-11-3-6-18(23)16-7-9-19-20(14-16)26-13-12-25-19/h1-2,4-5,7,9,14,18H,3,6,8,10-13,22H2. The molecule has 0 saturated carbocycles. The molecule has 5 heteroatoms. The Kier molecular flexibility index (Phi) is 4.69. The van der Waals surface area contributed by atoms with Gasteiger partial charge < -0.3 is 20.1 Å². The number of benzene rings is 2. The van der Waals surface area contributed by atoms with E-state index in [1.54, 1.807) is 0 Å². The monoisotopic (exact) mass is 352 g/mol. The van der Waals surface area contributed by atoms with Crippen molar-refractivity contribution in [1.82, 2.24) is 4.90 Å². The minimum atomic E-state index is 0.117. The average Bonchev–Trinajstić information content (AvgIpc) is 3.17. The number of likely N-dealkylation sites (tertiary alicyclic amines) is 1. The van der Waals surface area contributed by atoms with Gasteiger partial charge in [-0.15, -0.1) is 0 Å². The highest BCUT2D eigenvalue weighted by atomic mass is 16.6. The zero-order valence-corrected chi connectivity index (χ0v) is 14.8. The summed E-state index contributed by atoms with van der Waals surface area (Å²) in [5, 5.41) is 0. The molecular weight excluding hydrogens is 328 g/mol. The van der Waals surface area contributed by atoms with Crippen molar-refractivity contribution >= 4 is 11.6 Å². The number of aryl methyl sites for hydroxylation is 1. The molecule has 1 fully saturated rings. The number of anilines is 1. The van der Waals surface area contributed by atoms with E-state index in [2.05, 4.69) is 6.07 Å². The molecule has 0 aliphatic carbocycles. The number of amides is 1. The van der Waals surface area contributed by atoms with Gasteiger partial charge in [-0.05, 0) is 48.6 Å². The first-order valence-electron chi connectivity index (χ1n) is 9.25. The van der Waals surface area contributed by atoms with Gasteiger partial charge in [0.1, 0.15) is 13.2 Å². The van der Waals surface area contributed by atoms with Gasteiger partial charge in [-0.2, -0.15) is 0 Å². The Morgan fingerprint density at radius 2 is 1.92 bits per heavy atom. The summed E-state index contributed by atoms with van der Waals surface area (Å²) in [6.45, 7) is 1.97. The number of carbonyl (C=O) groups is 1. The SMILES string of the molecule is Nc1ccccc1CCC(=O)N1CCCC1c1ccc2c(c1)OCCO2. The Hall–Kier alpha value is -2.69. The fraction of sp³-hybridized carbons (Fsp3) is 0.381. The first-order chi connectivity index (χ1) is 12.7. The molecule has 1 saturated heterocycles. The van der Waals surface area contributed by atoms with E-state index in [-0.39, 0.29) is 11.9 Å². The minimum Gasteiger partial charge on any atom is -0.486 e. The second kappa shape index (κ2) is 7.28. The lowest BCUT2D eigenvalue weighted by molar-refractivity contribution is -0.132. The Morgan fingerprint density at radius 1 is 1.12 bits per heavy atom. The third-order valence-corrected chi connectivity index (χ3v) is 5.19. The lowest BCUT2D eigenvalue weighted by atomic mass is 10.0. The van der Waals surface area contributed by atoms with Gasteiger partial charge >= 0.3 is 0 Å². The molecule has 1 atom stereocenters. The van der Waals surface area contributed by atoms with Gasteiger partial charge in [0, 0.05) is 18.7 Å². The van der Waals surface area contributed by atoms with Crippen LogP contribution in [0, 0.1) is 0 Å². The maximum absolute atomic E-state index is 12.8. The molecule has 4 rings (SSSR count). The average molecular weight is 352 g/mol. The normalized spacial score (nSPS) is 18.8. The molecule has 5 nitrogen and oxygen atoms in total. The van der Waals surface area contributed by atoms with E-state index in [0.29, 0.717) is 26.1 Å². The zero-order valence-electron chi connectivity index (χ0n) is 14.8. The van der Waals surface area contributed by atoms with Crippen molar-refractivity contribution in [3.63, 3.8) is 0 Å². The summed E-state index contributed by atoms with van der Waals surface area (Å²) in [7, 11) is 0. The highest BCUT2D eigenvalue weighted by Crippen LogP contribution is 2.38. The molecule has 2 aliphatic heterocycles. The first-order valence-corrected chi connectivity index (χ1v) is 9.25. The van der Waals surface area contributed by atoms with E-state index in [4.69, 9.17) is 15.2 Å². The van der Waals surface area contributed by atoms with Gasteiger partial charge in [-0.25, -0.2) is 0 Å². The topological polar surface area (TPSA) is 64.8 Å². The maximum atomic E-state index is 12.8. The van der Waals surface area contributed by atoms with Gasteiger partial charge in [0.15, 0.2) is 11.5 Å². The van der Waals surface area contributed by atoms with Crippen LogP contribution >= 0.6 is 0 Å². The van der Waals surface area contributed by atoms with Crippen LogP contribution in [0.5, 0.6) is 11.5 Å². The summed E-state index contributed by atoms with van der Waals surface area (Å²) in [6.07, 6.45) is 3.17. The number of carbonyl (C=O) groups excluding carboxylic acids is 1. The number of nitrogen functional groups attached to an aromatic ring is 1. The van der Waals surface area contributed by atoms with Crippen LogP contribution in [0.25, 0.3) is 0 Å². The van der Waals surface area contributed by atoms with E-state index in [1.807, 2.05) is 41.3 Å². The van der Waals surface area contributed by atoms with E-state index in [1.165, 1.54) is 0 Å². The number of ether oxygens (including phenoxy) is 2. The van der Waals surface area contributed by atoms with Crippen LogP contribution < -0.4 is 15.2 Å². The number of hydrogen-bond donors (Lipinski definition) is 1. The van der Waals surface area contributed by atoms with Crippen molar-refractivity contribution in [2.24, 2.45) is 0 Å². The summed E-state index contributed by atoms with van der Waals surface area (Å²) in [5.41, 5.74) is 8.91. The van der Waals surface area contributed by atoms with Gasteiger partial charge in [0.25, 0.3) is 0 Å². The Morgan fingerprint density at radius 3 is 2.77 bits per heavy atom. The minimum absolute atomic E-state index is 0.117. The van der Waals surface area contributed by atoms with Crippen LogP contribution in [0.4, 0.5) is 5.69 Å². The number of hydrogen-bond acceptors (Lipinski definition) is 4. The lowest BCUT2D eigenvalue weighted by Gasteiger charge is -2.27. The fourth-order valence-corrected chi connectivity index (χ4v) is 3.83. The van der Waals surface area contributed by atoms with Crippen molar-refractivity contribution in [3.05, 3.63) is 53.6 Å². The van der Waals surface area contributed by atoms with Crippen molar-refractivity contribution in [2.75, 3.05) is 25.5 Å². The molecular formula is C21H24N2O3. The Labute approximate surface area is 153 Å². The predicted molar refractivity (Wildman–Crippen MR) is 100 cm³/mol. The second-order valence-corrected chi connectivity index (χ2v) is 6.85. The molecule has 2 aromatic rings. The largest absolute Gasteiger partial charge is 0.486 e. The van der Waals surface area contributed by atoms with Crippen molar-refractivity contribution in [1.29, 1.82) is 0 Å². The van der Waals surface area contributed by atoms with Crippen molar-refractivity contribution in [2.45, 2.75) is 31.7 Å². The third-order valence-electron chi connectivity index (χ3n) is 5.19. The zero-order chi connectivity index (χ0) is 17.9. The van der Waals surface area contributed by atoms with Crippen LogP contribution in [-0.2, 0) is 11.2 Å². The van der Waals surface area contributed by atoms with Gasteiger partial charge in [-0.1, -0.05) is 24.3 Å². The molecule has 2 aromatic carbocycles. The van der Waals surface area contributed by atoms with Crippen molar-refractivity contribution in [3.8, 4) is 11.5 Å². The quantitative estimate of drug-likeness (QED) is 0.857. The fourth-order valence-electron chi connectivity index (χ4n) is 3.83. The smallest absolute Gasteiger partial charge is 0.223 e. The molecule has 0 bridgehead atoms. The molecule has 136 valence electrons. The van der Waals surface area contributed by atoms with E-state index < -0.39 is 0 Å². The molecule has 2 heterocycles. The molecule has 2 N–H and O–H groups in total. The third kappa shape index (κ3) is 3.34. The Balaban J connectivity index is 1.46. The van der Waals surface area contributed by atoms with E-state index in [9.17, 15) is 4.79 Å². The summed E-state index contributed by atoms with van der Waals surface area (Å²) in [6, 6.07) is 13.9. The van der Waals surface area contributed by atoms with E-state index in [0.717, 1.165) is 47.7 Å². The molecule has 0 radical (unpaired) electrons. The van der Waals surface area contributed by atoms with Crippen LogP contribution in [-0.4, -0.2) is 30.6 Å². The van der Waals surface area contributed by atoms with E-state index >= 15 is 0 Å². The Bertz CT molecular complexity index is 806. The van der Waals surface area contributed by atoms with Crippen LogP contribution in [0.15, 0.2) is 42.5 Å². The summed E-state index contributed by atoms with van der Waals surface area (Å²) < 4.78 is 11.3. The summed E-state index contributed by atoms with van der Waals surface area (Å²) in [4.78, 5) is 14.8. The van der Waals surface area contributed by atoms with Gasteiger partial charge in [0.2, 0.25) is 5.91 Å². The maximum Gasteiger partial charge on any atom is 0.223 e. The van der Waals surface area contributed by atoms with Crippen LogP contribution in [0.1, 0.15) is 36.4 Å². The van der Waals surface area contributed by atoms with Crippen LogP contribution in [0.3, 0.4) is 0 Å². The molecule has 2 aliphatic rings. The number of rotatable bonds is 4. The van der Waals surface area contributed by atoms with Gasteiger partial charge in [0.05, 0.1) is 6.04 Å². The molecule has 1 amide bonds. The molecule has 0 spiro atoms. The van der Waals surface area contributed by atoms with Gasteiger partial charge in [-0.3, -0.25) is 4.79 Å². The highest BCUT2D eigenvalue weighted by molar-refractivity contribution is 5.77. The lowest BCUT2D eigenvalue weighted by Crippen LogP contribution is -2.30. The van der Waals surface area contributed by atoms with Crippen molar-refractivity contribution < 1.29 is 14.3 Å². The molecule has 1 unspecified atom stereocenters. The summed E-state index contributed by atoms with van der Waals surface area (Å²) >= 11 is 0. The number of fused-ring (bicyclic) bond motifs is 1. The first kappa shape index (κ1) is 16.8. The van der Waals surface area contributed by atoms with Crippen LogP contribution in [0.2, 0.25) is 0 Å². The number of para-hydroxylation sites is 1. The summed E-state index contributed by atoms with van der Waals surface area (Å²) in [5.74, 6) is 1.76. The predicted octanol–water partition coefficient (Wildman–Crippen LogP) is 3.34. The number of nitrogens with two attached hydrogens (primary N) is 1. The number of nitrogens with zero attached hydrogens (tertiary/aromatic N) is 1.